The van der Waals surface area contributed by atoms with Crippen molar-refractivity contribution in [2.24, 2.45) is 0 Å². The van der Waals surface area contributed by atoms with Gasteiger partial charge in [0.15, 0.2) is 0 Å². The molecule has 0 saturated carbocycles. The Balaban J connectivity index is 1.64. The van der Waals surface area contributed by atoms with E-state index in [9.17, 15) is 14.9 Å². The van der Waals surface area contributed by atoms with E-state index in [1.54, 1.807) is 35.6 Å². The summed E-state index contributed by atoms with van der Waals surface area (Å²) >= 11 is 1.55. The van der Waals surface area contributed by atoms with E-state index in [1.807, 2.05) is 12.3 Å². The Bertz CT molecular complexity index is 938. The smallest absolute Gasteiger partial charge is 0.269 e. The SMILES string of the molecule is Cc1nc(COc2cccc(C(=O)Nc3ccc([N+](=O)[O-])cc3)c2)cs1. The second-order valence-electron chi connectivity index (χ2n) is 5.43. The first-order chi connectivity index (χ1) is 12.5. The molecule has 3 rings (SSSR count). The van der Waals surface area contributed by atoms with E-state index in [1.165, 1.54) is 24.3 Å². The molecule has 0 saturated heterocycles. The molecule has 132 valence electrons. The number of nitrogens with zero attached hydrogens (tertiary/aromatic N) is 2. The van der Waals surface area contributed by atoms with Gasteiger partial charge in [0.05, 0.1) is 15.6 Å². The van der Waals surface area contributed by atoms with Gasteiger partial charge in [-0.2, -0.15) is 0 Å². The molecule has 1 amide bonds. The summed E-state index contributed by atoms with van der Waals surface area (Å²) in [7, 11) is 0. The molecule has 0 bridgehead atoms. The molecule has 8 heteroatoms. The Hall–Kier alpha value is -3.26. The Morgan fingerprint density at radius 3 is 2.69 bits per heavy atom. The van der Waals surface area contributed by atoms with Gasteiger partial charge in [-0.1, -0.05) is 6.07 Å². The normalized spacial score (nSPS) is 10.3. The first-order valence-electron chi connectivity index (χ1n) is 7.71. The fourth-order valence-corrected chi connectivity index (χ4v) is 2.83. The number of nitro benzene ring substituents is 1. The topological polar surface area (TPSA) is 94.4 Å². The van der Waals surface area contributed by atoms with Crippen molar-refractivity contribution in [2.75, 3.05) is 5.32 Å². The Morgan fingerprint density at radius 2 is 2.04 bits per heavy atom. The zero-order chi connectivity index (χ0) is 18.5. The van der Waals surface area contributed by atoms with Crippen LogP contribution in [-0.2, 0) is 6.61 Å². The maximum Gasteiger partial charge on any atom is 0.269 e. The summed E-state index contributed by atoms with van der Waals surface area (Å²) in [6.07, 6.45) is 0. The highest BCUT2D eigenvalue weighted by Gasteiger charge is 2.10. The number of hydrogen-bond donors (Lipinski definition) is 1. The van der Waals surface area contributed by atoms with E-state index in [-0.39, 0.29) is 11.6 Å². The van der Waals surface area contributed by atoms with Crippen molar-refractivity contribution in [2.45, 2.75) is 13.5 Å². The van der Waals surface area contributed by atoms with Crippen LogP contribution < -0.4 is 10.1 Å². The molecule has 0 fully saturated rings. The number of rotatable bonds is 6. The highest BCUT2D eigenvalue weighted by atomic mass is 32.1. The molecule has 0 atom stereocenters. The van der Waals surface area contributed by atoms with Crippen molar-refractivity contribution in [1.29, 1.82) is 0 Å². The monoisotopic (exact) mass is 369 g/mol. The number of nitro groups is 1. The maximum absolute atomic E-state index is 12.4. The molecular formula is C18H15N3O4S. The molecule has 0 radical (unpaired) electrons. The van der Waals surface area contributed by atoms with Gasteiger partial charge in [0, 0.05) is 28.8 Å². The lowest BCUT2D eigenvalue weighted by Crippen LogP contribution is -2.12. The molecule has 7 nitrogen and oxygen atoms in total. The summed E-state index contributed by atoms with van der Waals surface area (Å²) in [6.45, 7) is 2.26. The van der Waals surface area contributed by atoms with E-state index >= 15 is 0 Å². The van der Waals surface area contributed by atoms with Crippen LogP contribution in [0.15, 0.2) is 53.9 Å². The number of non-ortho nitro benzene ring substituents is 1. The summed E-state index contributed by atoms with van der Waals surface area (Å²) in [4.78, 5) is 26.8. The summed E-state index contributed by atoms with van der Waals surface area (Å²) in [5.74, 6) is 0.237. The van der Waals surface area contributed by atoms with Crippen LogP contribution in [0.25, 0.3) is 0 Å². The van der Waals surface area contributed by atoms with Crippen molar-refractivity contribution >= 4 is 28.6 Å². The third-order valence-corrected chi connectivity index (χ3v) is 4.31. The number of thiazole rings is 1. The first kappa shape index (κ1) is 17.6. The highest BCUT2D eigenvalue weighted by molar-refractivity contribution is 7.09. The third kappa shape index (κ3) is 4.42. The first-order valence-corrected chi connectivity index (χ1v) is 8.59. The molecule has 0 unspecified atom stereocenters. The average molecular weight is 369 g/mol. The standard InChI is InChI=1S/C18H15N3O4S/c1-12-19-15(11-26-12)10-25-17-4-2-3-13(9-17)18(22)20-14-5-7-16(8-6-14)21(23)24/h2-9,11H,10H2,1H3,(H,20,22). The van der Waals surface area contributed by atoms with Gasteiger partial charge < -0.3 is 10.1 Å². The number of benzene rings is 2. The zero-order valence-electron chi connectivity index (χ0n) is 13.8. The fraction of sp³-hybridized carbons (Fsp3) is 0.111. The minimum atomic E-state index is -0.490. The van der Waals surface area contributed by atoms with Crippen molar-refractivity contribution in [1.82, 2.24) is 4.98 Å². The largest absolute Gasteiger partial charge is 0.487 e. The van der Waals surface area contributed by atoms with Crippen LogP contribution in [0.4, 0.5) is 11.4 Å². The number of hydrogen-bond acceptors (Lipinski definition) is 6. The predicted molar refractivity (Wildman–Crippen MR) is 98.7 cm³/mol. The minimum absolute atomic E-state index is 0.0318. The molecule has 1 aromatic heterocycles. The number of carbonyl (C=O) groups excluding carboxylic acids is 1. The molecule has 0 aliphatic heterocycles. The van der Waals surface area contributed by atoms with E-state index in [0.717, 1.165) is 10.7 Å². The molecular weight excluding hydrogens is 354 g/mol. The summed E-state index contributed by atoms with van der Waals surface area (Å²) in [5.41, 5.74) is 1.71. The van der Waals surface area contributed by atoms with Crippen molar-refractivity contribution in [3.05, 3.63) is 80.3 Å². The van der Waals surface area contributed by atoms with Gasteiger partial charge >= 0.3 is 0 Å². The van der Waals surface area contributed by atoms with Gasteiger partial charge in [-0.05, 0) is 37.3 Å². The number of nitrogens with one attached hydrogen (secondary N) is 1. The molecule has 2 aromatic carbocycles. The van der Waals surface area contributed by atoms with Gasteiger partial charge in [-0.3, -0.25) is 14.9 Å². The van der Waals surface area contributed by atoms with Gasteiger partial charge in [-0.25, -0.2) is 4.98 Å². The molecule has 0 aliphatic rings. The highest BCUT2D eigenvalue weighted by Crippen LogP contribution is 2.19. The van der Waals surface area contributed by atoms with Crippen LogP contribution in [0.5, 0.6) is 5.75 Å². The second kappa shape index (κ2) is 7.75. The average Bonchev–Trinajstić information content (AvgIpc) is 3.06. The Labute approximate surface area is 153 Å². The number of anilines is 1. The Kier molecular flexibility index (Phi) is 5.23. The zero-order valence-corrected chi connectivity index (χ0v) is 14.7. The molecule has 26 heavy (non-hydrogen) atoms. The summed E-state index contributed by atoms with van der Waals surface area (Å²) < 4.78 is 5.68. The second-order valence-corrected chi connectivity index (χ2v) is 6.49. The number of carbonyl (C=O) groups is 1. The number of aromatic nitrogens is 1. The minimum Gasteiger partial charge on any atom is -0.487 e. The van der Waals surface area contributed by atoms with E-state index < -0.39 is 4.92 Å². The van der Waals surface area contributed by atoms with Crippen LogP contribution >= 0.6 is 11.3 Å². The quantitative estimate of drug-likeness (QED) is 0.519. The van der Waals surface area contributed by atoms with Crippen LogP contribution in [0, 0.1) is 17.0 Å². The molecule has 0 spiro atoms. The third-order valence-electron chi connectivity index (χ3n) is 3.49. The predicted octanol–water partition coefficient (Wildman–Crippen LogP) is 4.19. The van der Waals surface area contributed by atoms with Crippen LogP contribution in [0.1, 0.15) is 21.1 Å². The molecule has 3 aromatic rings. The van der Waals surface area contributed by atoms with Crippen LogP contribution in [0.2, 0.25) is 0 Å². The van der Waals surface area contributed by atoms with E-state index in [2.05, 4.69) is 10.3 Å². The van der Waals surface area contributed by atoms with E-state index in [4.69, 9.17) is 4.74 Å². The summed E-state index contributed by atoms with van der Waals surface area (Å²) in [5, 5.41) is 16.3. The molecule has 0 aliphatic carbocycles. The molecule has 1 heterocycles. The lowest BCUT2D eigenvalue weighted by Gasteiger charge is -2.08. The van der Waals surface area contributed by atoms with Crippen molar-refractivity contribution < 1.29 is 14.5 Å². The van der Waals surface area contributed by atoms with Gasteiger partial charge in [0.2, 0.25) is 0 Å². The lowest BCUT2D eigenvalue weighted by molar-refractivity contribution is -0.384. The van der Waals surface area contributed by atoms with Gasteiger partial charge in [-0.15, -0.1) is 11.3 Å². The van der Waals surface area contributed by atoms with Crippen LogP contribution in [0.3, 0.4) is 0 Å². The van der Waals surface area contributed by atoms with Crippen molar-refractivity contribution in [3.63, 3.8) is 0 Å². The number of ether oxygens (including phenoxy) is 1. The molecule has 1 N–H and O–H groups in total. The maximum atomic E-state index is 12.4. The van der Waals surface area contributed by atoms with Gasteiger partial charge in [0.1, 0.15) is 12.4 Å². The summed E-state index contributed by atoms with van der Waals surface area (Å²) in [6, 6.07) is 12.5. The number of amides is 1. The van der Waals surface area contributed by atoms with Crippen LogP contribution in [-0.4, -0.2) is 15.8 Å². The Morgan fingerprint density at radius 1 is 1.27 bits per heavy atom. The van der Waals surface area contributed by atoms with E-state index in [0.29, 0.717) is 23.6 Å². The number of aryl methyl sites for hydroxylation is 1. The van der Waals surface area contributed by atoms with Gasteiger partial charge in [0.25, 0.3) is 11.6 Å². The fourth-order valence-electron chi connectivity index (χ4n) is 2.23. The lowest BCUT2D eigenvalue weighted by atomic mass is 10.2. The van der Waals surface area contributed by atoms with Crippen molar-refractivity contribution in [3.8, 4) is 5.75 Å².